The van der Waals surface area contributed by atoms with Crippen molar-refractivity contribution in [2.45, 2.75) is 46.6 Å². The minimum atomic E-state index is 0.412. The zero-order chi connectivity index (χ0) is 12.1. The van der Waals surface area contributed by atoms with E-state index in [1.165, 1.54) is 12.8 Å². The van der Waals surface area contributed by atoms with E-state index in [-0.39, 0.29) is 0 Å². The van der Waals surface area contributed by atoms with Gasteiger partial charge in [-0.3, -0.25) is 0 Å². The molecule has 1 saturated carbocycles. The molecule has 2 heteroatoms. The van der Waals surface area contributed by atoms with E-state index in [1.807, 2.05) is 39.0 Å². The third-order valence-corrected chi connectivity index (χ3v) is 3.19. The Bertz CT molecular complexity index is 336. The third kappa shape index (κ3) is 3.15. The highest BCUT2D eigenvalue weighted by Gasteiger charge is 2.28. The van der Waals surface area contributed by atoms with Gasteiger partial charge in [-0.05, 0) is 49.4 Å². The van der Waals surface area contributed by atoms with Gasteiger partial charge in [-0.1, -0.05) is 32.4 Å². The lowest BCUT2D eigenvalue weighted by molar-refractivity contribution is 0.0571. The standard InChI is InChI=1S/C12H15ClO.C2H6/c1-8-3-5-11(8)14-12-6-4-10(13)7-9(12)2;1-2/h4,6-8,11H,3,5H2,1-2H3;1-2H3/t8-,11-;/m1./s1. The molecule has 90 valence electrons. The van der Waals surface area contributed by atoms with Crippen LogP contribution in [0.15, 0.2) is 18.2 Å². The van der Waals surface area contributed by atoms with Gasteiger partial charge in [-0.25, -0.2) is 0 Å². The molecule has 0 aliphatic heterocycles. The van der Waals surface area contributed by atoms with E-state index in [9.17, 15) is 0 Å². The number of benzene rings is 1. The second-order valence-electron chi connectivity index (χ2n) is 4.12. The van der Waals surface area contributed by atoms with Crippen LogP contribution in [0.5, 0.6) is 5.75 Å². The maximum absolute atomic E-state index is 5.89. The molecular weight excluding hydrogens is 220 g/mol. The fraction of sp³-hybridized carbons (Fsp3) is 0.571. The Morgan fingerprint density at radius 2 is 1.94 bits per heavy atom. The fourth-order valence-electron chi connectivity index (χ4n) is 1.72. The highest BCUT2D eigenvalue weighted by Crippen LogP contribution is 2.32. The second kappa shape index (κ2) is 6.15. The highest BCUT2D eigenvalue weighted by atomic mass is 35.5. The predicted octanol–water partition coefficient (Wildman–Crippen LogP) is 4.85. The first-order valence-corrected chi connectivity index (χ1v) is 6.47. The summed E-state index contributed by atoms with van der Waals surface area (Å²) in [4.78, 5) is 0. The Labute approximate surface area is 104 Å². The predicted molar refractivity (Wildman–Crippen MR) is 70.4 cm³/mol. The molecule has 1 aliphatic rings. The molecule has 1 fully saturated rings. The average Bonchev–Trinajstić information content (AvgIpc) is 2.28. The van der Waals surface area contributed by atoms with Crippen molar-refractivity contribution in [3.8, 4) is 5.75 Å². The molecule has 0 radical (unpaired) electrons. The van der Waals surface area contributed by atoms with Crippen LogP contribution in [0.1, 0.15) is 39.2 Å². The number of halogens is 1. The van der Waals surface area contributed by atoms with E-state index in [0.717, 1.165) is 16.3 Å². The van der Waals surface area contributed by atoms with Crippen LogP contribution in [0, 0.1) is 12.8 Å². The van der Waals surface area contributed by atoms with Gasteiger partial charge in [0.15, 0.2) is 0 Å². The smallest absolute Gasteiger partial charge is 0.122 e. The van der Waals surface area contributed by atoms with Crippen molar-refractivity contribution in [2.75, 3.05) is 0 Å². The maximum Gasteiger partial charge on any atom is 0.122 e. The normalized spacial score (nSPS) is 22.8. The first kappa shape index (κ1) is 13.4. The number of hydrogen-bond acceptors (Lipinski definition) is 1. The summed E-state index contributed by atoms with van der Waals surface area (Å²) in [5.41, 5.74) is 1.12. The molecule has 0 N–H and O–H groups in total. The van der Waals surface area contributed by atoms with E-state index in [1.54, 1.807) is 0 Å². The Kier molecular flexibility index (Phi) is 5.14. The second-order valence-corrected chi connectivity index (χ2v) is 4.56. The SMILES string of the molecule is CC.Cc1cc(Cl)ccc1O[C@@H]1CC[C@H]1C. The molecule has 16 heavy (non-hydrogen) atoms. The lowest BCUT2D eigenvalue weighted by Crippen LogP contribution is -2.34. The van der Waals surface area contributed by atoms with Crippen LogP contribution >= 0.6 is 11.6 Å². The van der Waals surface area contributed by atoms with E-state index in [0.29, 0.717) is 12.0 Å². The molecule has 1 aromatic carbocycles. The van der Waals surface area contributed by atoms with Crippen LogP contribution in [0.3, 0.4) is 0 Å². The zero-order valence-electron chi connectivity index (χ0n) is 10.6. The van der Waals surface area contributed by atoms with E-state index < -0.39 is 0 Å². The van der Waals surface area contributed by atoms with Crippen molar-refractivity contribution in [1.82, 2.24) is 0 Å². The van der Waals surface area contributed by atoms with Crippen LogP contribution in [-0.4, -0.2) is 6.10 Å². The molecular formula is C14H21ClO. The van der Waals surface area contributed by atoms with Gasteiger partial charge in [0.05, 0.1) is 0 Å². The Morgan fingerprint density at radius 1 is 1.25 bits per heavy atom. The molecule has 1 aromatic rings. The fourth-order valence-corrected chi connectivity index (χ4v) is 1.95. The van der Waals surface area contributed by atoms with Gasteiger partial charge in [-0.2, -0.15) is 0 Å². The molecule has 0 bridgehead atoms. The monoisotopic (exact) mass is 240 g/mol. The molecule has 1 nitrogen and oxygen atoms in total. The van der Waals surface area contributed by atoms with Crippen molar-refractivity contribution in [3.63, 3.8) is 0 Å². The van der Waals surface area contributed by atoms with E-state index >= 15 is 0 Å². The number of hydrogen-bond donors (Lipinski definition) is 0. The summed E-state index contributed by atoms with van der Waals surface area (Å²) in [7, 11) is 0. The van der Waals surface area contributed by atoms with Gasteiger partial charge >= 0.3 is 0 Å². The first-order chi connectivity index (χ1) is 7.66. The highest BCUT2D eigenvalue weighted by molar-refractivity contribution is 6.30. The van der Waals surface area contributed by atoms with Crippen molar-refractivity contribution in [1.29, 1.82) is 0 Å². The summed E-state index contributed by atoms with van der Waals surface area (Å²) >= 11 is 5.87. The summed E-state index contributed by atoms with van der Waals surface area (Å²) in [5.74, 6) is 1.68. The maximum atomic E-state index is 5.89. The molecule has 0 spiro atoms. The minimum Gasteiger partial charge on any atom is -0.490 e. The van der Waals surface area contributed by atoms with Gasteiger partial charge in [0.25, 0.3) is 0 Å². The van der Waals surface area contributed by atoms with Crippen LogP contribution in [0.25, 0.3) is 0 Å². The number of ether oxygens (including phenoxy) is 1. The molecule has 0 unspecified atom stereocenters. The summed E-state index contributed by atoms with van der Waals surface area (Å²) in [6, 6.07) is 5.79. The molecule has 0 amide bonds. The van der Waals surface area contributed by atoms with Crippen molar-refractivity contribution in [2.24, 2.45) is 5.92 Å². The average molecular weight is 241 g/mol. The Balaban J connectivity index is 0.000000606. The van der Waals surface area contributed by atoms with E-state index in [4.69, 9.17) is 16.3 Å². The lowest BCUT2D eigenvalue weighted by Gasteiger charge is -2.34. The van der Waals surface area contributed by atoms with Gasteiger partial charge in [-0.15, -0.1) is 0 Å². The van der Waals surface area contributed by atoms with Crippen molar-refractivity contribution >= 4 is 11.6 Å². The third-order valence-electron chi connectivity index (χ3n) is 2.96. The summed E-state index contributed by atoms with van der Waals surface area (Å²) in [6.45, 7) is 8.27. The molecule has 0 heterocycles. The summed E-state index contributed by atoms with van der Waals surface area (Å²) in [6.07, 6.45) is 2.88. The Hall–Kier alpha value is -0.690. The quantitative estimate of drug-likeness (QED) is 0.718. The topological polar surface area (TPSA) is 9.23 Å². The van der Waals surface area contributed by atoms with Crippen LogP contribution < -0.4 is 4.74 Å². The minimum absolute atomic E-state index is 0.412. The number of aryl methyl sites for hydroxylation is 1. The summed E-state index contributed by atoms with van der Waals surface area (Å²) < 4.78 is 5.89. The first-order valence-electron chi connectivity index (χ1n) is 6.09. The zero-order valence-corrected chi connectivity index (χ0v) is 11.3. The number of rotatable bonds is 2. The molecule has 0 aromatic heterocycles. The summed E-state index contributed by atoms with van der Waals surface area (Å²) in [5, 5.41) is 0.775. The van der Waals surface area contributed by atoms with Gasteiger partial charge in [0, 0.05) is 5.02 Å². The molecule has 1 aliphatic carbocycles. The Morgan fingerprint density at radius 3 is 2.38 bits per heavy atom. The van der Waals surface area contributed by atoms with Crippen molar-refractivity contribution < 1.29 is 4.74 Å². The van der Waals surface area contributed by atoms with E-state index in [2.05, 4.69) is 6.92 Å². The van der Waals surface area contributed by atoms with Gasteiger partial charge < -0.3 is 4.74 Å². The largest absolute Gasteiger partial charge is 0.490 e. The van der Waals surface area contributed by atoms with Gasteiger partial charge in [0.2, 0.25) is 0 Å². The lowest BCUT2D eigenvalue weighted by atomic mass is 9.83. The van der Waals surface area contributed by atoms with Crippen LogP contribution in [0.4, 0.5) is 0 Å². The molecule has 2 atom stereocenters. The molecule has 0 saturated heterocycles. The van der Waals surface area contributed by atoms with Crippen molar-refractivity contribution in [3.05, 3.63) is 28.8 Å². The van der Waals surface area contributed by atoms with Crippen LogP contribution in [-0.2, 0) is 0 Å². The van der Waals surface area contributed by atoms with Crippen LogP contribution in [0.2, 0.25) is 5.02 Å². The van der Waals surface area contributed by atoms with Gasteiger partial charge in [0.1, 0.15) is 11.9 Å². The molecule has 2 rings (SSSR count).